The number of carboxylic acids is 1. The normalized spacial score (nSPS) is 39.2. The molecule has 2 N–H and O–H groups in total. The van der Waals surface area contributed by atoms with Gasteiger partial charge in [-0.1, -0.05) is 20.8 Å². The van der Waals surface area contributed by atoms with E-state index < -0.39 is 12.1 Å². The lowest BCUT2D eigenvalue weighted by molar-refractivity contribution is -0.138. The fourth-order valence-electron chi connectivity index (χ4n) is 5.22. The first-order valence-electron chi connectivity index (χ1n) is 8.92. The number of aliphatic carboxylic acids is 1. The zero-order valence-corrected chi connectivity index (χ0v) is 14.8. The van der Waals surface area contributed by atoms with Crippen LogP contribution in [0.1, 0.15) is 52.0 Å². The number of aryl methyl sites for hydroxylation is 1. The third kappa shape index (κ3) is 2.71. The van der Waals surface area contributed by atoms with Gasteiger partial charge in [-0.2, -0.15) is 0 Å². The molecule has 1 aromatic heterocycles. The number of carboxylic acid groups (broad SMARTS) is 1. The summed E-state index contributed by atoms with van der Waals surface area (Å²) >= 11 is 0. The molecule has 2 aliphatic carbocycles. The van der Waals surface area contributed by atoms with E-state index in [0.717, 1.165) is 25.7 Å². The Kier molecular flexibility index (Phi) is 4.37. The number of carbonyl (C=O) groups is 1. The summed E-state index contributed by atoms with van der Waals surface area (Å²) < 4.78 is 5.18. The van der Waals surface area contributed by atoms with Crippen LogP contribution < -0.4 is 0 Å². The molecule has 24 heavy (non-hydrogen) atoms. The molecule has 2 aliphatic rings. The fourth-order valence-corrected chi connectivity index (χ4v) is 5.22. The number of aliphatic hydroxyl groups excluding tert-OH is 1. The molecule has 0 unspecified atom stereocenters. The maximum atomic E-state index is 11.8. The number of furan rings is 1. The van der Waals surface area contributed by atoms with Crippen LogP contribution in [0.3, 0.4) is 0 Å². The molecule has 4 heteroatoms. The predicted octanol–water partition coefficient (Wildman–Crippen LogP) is 4.05. The lowest BCUT2D eigenvalue weighted by atomic mass is 9.46. The van der Waals surface area contributed by atoms with Gasteiger partial charge in [-0.15, -0.1) is 0 Å². The van der Waals surface area contributed by atoms with E-state index in [4.69, 9.17) is 4.42 Å². The van der Waals surface area contributed by atoms with E-state index in [2.05, 4.69) is 20.8 Å². The fraction of sp³-hybridized carbons (Fsp3) is 0.650. The Morgan fingerprint density at radius 3 is 2.79 bits per heavy atom. The number of rotatable bonds is 4. The highest BCUT2D eigenvalue weighted by Crippen LogP contribution is 2.61. The van der Waals surface area contributed by atoms with Crippen molar-refractivity contribution in [1.29, 1.82) is 0 Å². The van der Waals surface area contributed by atoms with Crippen LogP contribution in [0.4, 0.5) is 0 Å². The molecule has 1 fully saturated rings. The van der Waals surface area contributed by atoms with E-state index in [1.807, 2.05) is 6.07 Å². The molecular formula is C20H28O4. The highest BCUT2D eigenvalue weighted by atomic mass is 16.4. The summed E-state index contributed by atoms with van der Waals surface area (Å²) in [4.78, 5) is 11.8. The van der Waals surface area contributed by atoms with Gasteiger partial charge in [0.25, 0.3) is 0 Å². The average molecular weight is 332 g/mol. The molecule has 0 bridgehead atoms. The lowest BCUT2D eigenvalue weighted by Gasteiger charge is -2.58. The molecule has 0 amide bonds. The van der Waals surface area contributed by atoms with Crippen molar-refractivity contribution in [3.63, 3.8) is 0 Å². The molecule has 3 rings (SSSR count). The highest BCUT2D eigenvalue weighted by molar-refractivity contribution is 5.88. The van der Waals surface area contributed by atoms with Crippen molar-refractivity contribution in [2.75, 3.05) is 0 Å². The first kappa shape index (κ1) is 17.3. The predicted molar refractivity (Wildman–Crippen MR) is 91.5 cm³/mol. The van der Waals surface area contributed by atoms with Crippen molar-refractivity contribution in [1.82, 2.24) is 0 Å². The van der Waals surface area contributed by atoms with E-state index in [-0.39, 0.29) is 16.7 Å². The lowest BCUT2D eigenvalue weighted by Crippen LogP contribution is -2.53. The number of aliphatic hydroxyl groups is 1. The Hall–Kier alpha value is -1.55. The molecule has 0 aliphatic heterocycles. The van der Waals surface area contributed by atoms with E-state index in [0.29, 0.717) is 17.9 Å². The number of hydrogen-bond acceptors (Lipinski definition) is 3. The van der Waals surface area contributed by atoms with Gasteiger partial charge >= 0.3 is 5.97 Å². The van der Waals surface area contributed by atoms with Crippen molar-refractivity contribution in [2.45, 2.75) is 59.0 Å². The van der Waals surface area contributed by atoms with Gasteiger partial charge < -0.3 is 14.6 Å². The molecule has 0 aromatic carbocycles. The van der Waals surface area contributed by atoms with Crippen LogP contribution in [-0.2, 0) is 11.2 Å². The molecule has 0 saturated heterocycles. The second kappa shape index (κ2) is 6.07. The average Bonchev–Trinajstić information content (AvgIpc) is 3.04. The van der Waals surface area contributed by atoms with Gasteiger partial charge in [-0.25, -0.2) is 4.79 Å². The largest absolute Gasteiger partial charge is 0.478 e. The molecule has 4 nitrogen and oxygen atoms in total. The first-order valence-corrected chi connectivity index (χ1v) is 8.92. The van der Waals surface area contributed by atoms with Crippen molar-refractivity contribution < 1.29 is 19.4 Å². The first-order chi connectivity index (χ1) is 11.3. The zero-order valence-electron chi connectivity index (χ0n) is 14.8. The van der Waals surface area contributed by atoms with Gasteiger partial charge in [-0.05, 0) is 67.1 Å². The third-order valence-corrected chi connectivity index (χ3v) is 7.00. The summed E-state index contributed by atoms with van der Waals surface area (Å²) in [6.07, 6.45) is 8.86. The second-order valence-electron chi connectivity index (χ2n) is 8.24. The maximum absolute atomic E-state index is 11.8. The summed E-state index contributed by atoms with van der Waals surface area (Å²) in [5.74, 6) is -0.206. The summed E-state index contributed by atoms with van der Waals surface area (Å²) in [5, 5.41) is 20.0. The monoisotopic (exact) mass is 332 g/mol. The van der Waals surface area contributed by atoms with Crippen LogP contribution in [0.5, 0.6) is 0 Å². The Balaban J connectivity index is 1.93. The van der Waals surface area contributed by atoms with Crippen LogP contribution in [0.15, 0.2) is 34.7 Å². The van der Waals surface area contributed by atoms with E-state index in [1.54, 1.807) is 18.6 Å². The Labute approximate surface area is 143 Å². The molecule has 0 spiro atoms. The topological polar surface area (TPSA) is 70.7 Å². The Bertz CT molecular complexity index is 632. The molecule has 132 valence electrons. The summed E-state index contributed by atoms with van der Waals surface area (Å²) in [7, 11) is 0. The third-order valence-electron chi connectivity index (χ3n) is 7.00. The summed E-state index contributed by atoms with van der Waals surface area (Å²) in [5.41, 5.74) is 1.23. The minimum atomic E-state index is -0.881. The molecule has 1 aromatic rings. The van der Waals surface area contributed by atoms with Crippen molar-refractivity contribution >= 4 is 5.97 Å². The van der Waals surface area contributed by atoms with Crippen LogP contribution >= 0.6 is 0 Å². The smallest absolute Gasteiger partial charge is 0.331 e. The molecule has 1 heterocycles. The highest BCUT2D eigenvalue weighted by Gasteiger charge is 2.56. The standard InChI is InChI=1S/C20H28O4/c1-13-4-7-20(3)16(18(22)23)10-15(21)11-17(20)19(13,2)8-5-14-6-9-24-12-14/h6,9-10,12-13,15,17,21H,4-5,7-8,11H2,1-3H3,(H,22,23)/t13-,15-,17+,19+,20-/m1/s1. The molecule has 5 atom stereocenters. The minimum absolute atomic E-state index is 0.000208. The number of fused-ring (bicyclic) bond motifs is 1. The van der Waals surface area contributed by atoms with Gasteiger partial charge in [0, 0.05) is 11.0 Å². The molecular weight excluding hydrogens is 304 g/mol. The van der Waals surface area contributed by atoms with Crippen molar-refractivity contribution in [2.24, 2.45) is 22.7 Å². The Morgan fingerprint density at radius 2 is 2.17 bits per heavy atom. The van der Waals surface area contributed by atoms with Crippen LogP contribution in [0.25, 0.3) is 0 Å². The number of hydrogen-bond donors (Lipinski definition) is 2. The molecule has 0 radical (unpaired) electrons. The SMILES string of the molecule is C[C@@H]1CC[C@]2(C)C(C(=O)O)=C[C@@H](O)C[C@H]2[C@@]1(C)CCc1ccoc1. The van der Waals surface area contributed by atoms with Gasteiger partial charge in [0.05, 0.1) is 18.6 Å². The van der Waals surface area contributed by atoms with Crippen LogP contribution in [0, 0.1) is 22.7 Å². The van der Waals surface area contributed by atoms with Crippen molar-refractivity contribution in [3.8, 4) is 0 Å². The quantitative estimate of drug-likeness (QED) is 0.873. The Morgan fingerprint density at radius 1 is 1.42 bits per heavy atom. The van der Waals surface area contributed by atoms with E-state index in [9.17, 15) is 15.0 Å². The second-order valence-corrected chi connectivity index (χ2v) is 8.24. The summed E-state index contributed by atoms with van der Waals surface area (Å²) in [6, 6.07) is 1.99. The van der Waals surface area contributed by atoms with Gasteiger partial charge in [0.15, 0.2) is 0 Å². The van der Waals surface area contributed by atoms with E-state index in [1.165, 1.54) is 5.56 Å². The summed E-state index contributed by atoms with van der Waals surface area (Å²) in [6.45, 7) is 6.66. The van der Waals surface area contributed by atoms with Gasteiger partial charge in [-0.3, -0.25) is 0 Å². The minimum Gasteiger partial charge on any atom is -0.478 e. The zero-order chi connectivity index (χ0) is 17.5. The molecule has 1 saturated carbocycles. The van der Waals surface area contributed by atoms with E-state index >= 15 is 0 Å². The van der Waals surface area contributed by atoms with Crippen molar-refractivity contribution in [3.05, 3.63) is 35.8 Å². The van der Waals surface area contributed by atoms with Crippen LogP contribution in [-0.4, -0.2) is 22.3 Å². The van der Waals surface area contributed by atoms with Gasteiger partial charge in [0.2, 0.25) is 0 Å². The van der Waals surface area contributed by atoms with Crippen LogP contribution in [0.2, 0.25) is 0 Å². The maximum Gasteiger partial charge on any atom is 0.331 e. The van der Waals surface area contributed by atoms with Gasteiger partial charge in [0.1, 0.15) is 0 Å².